The van der Waals surface area contributed by atoms with Crippen LogP contribution in [0, 0.1) is 10.8 Å². The van der Waals surface area contributed by atoms with E-state index in [1.807, 2.05) is 20.7 Å². The summed E-state index contributed by atoms with van der Waals surface area (Å²) in [6, 6.07) is 8.82. The van der Waals surface area contributed by atoms with Gasteiger partial charge < -0.3 is 14.9 Å². The Labute approximate surface area is 222 Å². The van der Waals surface area contributed by atoms with Gasteiger partial charge in [0.1, 0.15) is 11.4 Å². The number of nitrogens with one attached hydrogen (secondary N) is 1. The molecule has 2 aliphatic heterocycles. The van der Waals surface area contributed by atoms with E-state index in [1.54, 1.807) is 0 Å². The lowest BCUT2D eigenvalue weighted by molar-refractivity contribution is -0.0602. The monoisotopic (exact) mass is 516 g/mol. The maximum absolute atomic E-state index is 13.0. The first-order valence-corrected chi connectivity index (χ1v) is 13.8. The van der Waals surface area contributed by atoms with Crippen LogP contribution < -0.4 is 0 Å². The molecule has 4 aliphatic rings. The molecule has 10 heteroatoms. The van der Waals surface area contributed by atoms with Gasteiger partial charge in [-0.25, -0.2) is 14.5 Å². The first kappa shape index (κ1) is 23.8. The van der Waals surface area contributed by atoms with Gasteiger partial charge >= 0.3 is 6.03 Å². The average molecular weight is 517 g/mol. The molecule has 1 spiro atoms. The van der Waals surface area contributed by atoms with E-state index in [2.05, 4.69) is 70.5 Å². The standard InChI is InChI=1S/C28H36N8O2/c1-26(2,3)15-36-22(12-29-33-36)19-6-4-18(5-7-19)21-13-34(14-21)25(37)35-16-27(17-35)10-20(11-27)23-30-24(32-31-23)28(38)8-9-28/h4-7,12,20-21,38H,8-11,13-17H2,1-3H3,(H,30,31,32). The molecule has 2 aromatic heterocycles. The number of aliphatic hydroxyl groups is 1. The van der Waals surface area contributed by atoms with Crippen LogP contribution in [0.4, 0.5) is 4.79 Å². The Morgan fingerprint density at radius 1 is 1.08 bits per heavy atom. The molecule has 0 atom stereocenters. The minimum atomic E-state index is -0.791. The van der Waals surface area contributed by atoms with Gasteiger partial charge in [0.2, 0.25) is 0 Å². The maximum Gasteiger partial charge on any atom is 0.320 e. The van der Waals surface area contributed by atoms with Crippen LogP contribution in [0.1, 0.15) is 75.5 Å². The zero-order valence-corrected chi connectivity index (χ0v) is 22.4. The number of rotatable bonds is 5. The summed E-state index contributed by atoms with van der Waals surface area (Å²) in [4.78, 5) is 21.6. The third-order valence-electron chi connectivity index (χ3n) is 8.78. The fourth-order valence-corrected chi connectivity index (χ4v) is 6.36. The highest BCUT2D eigenvalue weighted by Gasteiger charge is 2.56. The van der Waals surface area contributed by atoms with Crippen LogP contribution in [0.3, 0.4) is 0 Å². The van der Waals surface area contributed by atoms with Crippen LogP contribution in [0.2, 0.25) is 0 Å². The molecule has 1 aromatic carbocycles. The highest BCUT2D eigenvalue weighted by molar-refractivity contribution is 5.77. The molecule has 2 N–H and O–H groups in total. The number of aromatic amines is 1. The van der Waals surface area contributed by atoms with Gasteiger partial charge in [0, 0.05) is 55.5 Å². The molecule has 4 heterocycles. The minimum absolute atomic E-state index is 0.127. The maximum atomic E-state index is 13.0. The number of hydrogen-bond donors (Lipinski definition) is 2. The Kier molecular flexibility index (Phi) is 5.09. The smallest absolute Gasteiger partial charge is 0.320 e. The number of nitrogens with zero attached hydrogens (tertiary/aromatic N) is 7. The van der Waals surface area contributed by atoms with Crippen molar-refractivity contribution in [1.82, 2.24) is 40.0 Å². The third kappa shape index (κ3) is 4.09. The Bertz CT molecular complexity index is 1350. The number of urea groups is 1. The number of likely N-dealkylation sites (tertiary alicyclic amines) is 2. The van der Waals surface area contributed by atoms with Crippen molar-refractivity contribution in [2.45, 2.75) is 70.4 Å². The lowest BCUT2D eigenvalue weighted by Crippen LogP contribution is -2.67. The van der Waals surface area contributed by atoms with Crippen LogP contribution in [0.5, 0.6) is 0 Å². The van der Waals surface area contributed by atoms with E-state index in [0.29, 0.717) is 17.7 Å². The van der Waals surface area contributed by atoms with Crippen LogP contribution in [0.15, 0.2) is 30.5 Å². The minimum Gasteiger partial charge on any atom is -0.382 e. The van der Waals surface area contributed by atoms with Crippen molar-refractivity contribution in [3.8, 4) is 11.3 Å². The molecule has 7 rings (SSSR count). The summed E-state index contributed by atoms with van der Waals surface area (Å²) < 4.78 is 1.98. The van der Waals surface area contributed by atoms with Crippen LogP contribution in [-0.2, 0) is 12.1 Å². The summed E-state index contributed by atoms with van der Waals surface area (Å²) in [5.74, 6) is 2.18. The zero-order chi connectivity index (χ0) is 26.3. The molecular weight excluding hydrogens is 480 g/mol. The molecule has 2 saturated heterocycles. The summed E-state index contributed by atoms with van der Waals surface area (Å²) in [5.41, 5.74) is 2.99. The number of hydrogen-bond acceptors (Lipinski definition) is 6. The van der Waals surface area contributed by atoms with Crippen LogP contribution in [0.25, 0.3) is 11.3 Å². The number of H-pyrrole nitrogens is 1. The number of carbonyl (C=O) groups is 1. The number of aromatic nitrogens is 6. The molecule has 0 radical (unpaired) electrons. The first-order chi connectivity index (χ1) is 18.1. The quantitative estimate of drug-likeness (QED) is 0.536. The SMILES string of the molecule is CC(C)(C)Cn1nncc1-c1ccc(C2CN(C(=O)N3CC4(CC(c5nc(C6(O)CC6)n[nH]5)C4)C3)C2)cc1. The molecule has 2 saturated carbocycles. The van der Waals surface area contributed by atoms with Gasteiger partial charge in [0.25, 0.3) is 0 Å². The van der Waals surface area contributed by atoms with E-state index in [0.717, 1.165) is 75.5 Å². The molecule has 0 bridgehead atoms. The average Bonchev–Trinajstić information content (AvgIpc) is 3.17. The van der Waals surface area contributed by atoms with Gasteiger partial charge in [-0.1, -0.05) is 50.3 Å². The molecule has 2 amide bonds. The van der Waals surface area contributed by atoms with Gasteiger partial charge in [0.05, 0.1) is 11.9 Å². The summed E-state index contributed by atoms with van der Waals surface area (Å²) in [5, 5.41) is 25.9. The lowest BCUT2D eigenvalue weighted by Gasteiger charge is -2.59. The van der Waals surface area contributed by atoms with Crippen molar-refractivity contribution in [3.05, 3.63) is 47.7 Å². The van der Waals surface area contributed by atoms with Gasteiger partial charge in [-0.15, -0.1) is 5.10 Å². The van der Waals surface area contributed by atoms with Crippen molar-refractivity contribution >= 4 is 6.03 Å². The molecule has 0 unspecified atom stereocenters. The van der Waals surface area contributed by atoms with Crippen molar-refractivity contribution < 1.29 is 9.90 Å². The van der Waals surface area contributed by atoms with Crippen LogP contribution in [-0.4, -0.2) is 77.3 Å². The van der Waals surface area contributed by atoms with E-state index in [1.165, 1.54) is 5.56 Å². The van der Waals surface area contributed by atoms with Crippen molar-refractivity contribution in [2.75, 3.05) is 26.2 Å². The second-order valence-electron chi connectivity index (χ2n) is 13.4. The topological polar surface area (TPSA) is 116 Å². The second kappa shape index (κ2) is 8.11. The largest absolute Gasteiger partial charge is 0.382 e. The van der Waals surface area contributed by atoms with Crippen molar-refractivity contribution in [1.29, 1.82) is 0 Å². The highest BCUT2D eigenvalue weighted by atomic mass is 16.3. The zero-order valence-electron chi connectivity index (χ0n) is 22.4. The summed E-state index contributed by atoms with van der Waals surface area (Å²) in [7, 11) is 0. The molecule has 10 nitrogen and oxygen atoms in total. The summed E-state index contributed by atoms with van der Waals surface area (Å²) in [6.07, 6.45) is 5.39. The van der Waals surface area contributed by atoms with E-state index in [-0.39, 0.29) is 16.9 Å². The Hall–Kier alpha value is -3.27. The highest BCUT2D eigenvalue weighted by Crippen LogP contribution is 2.56. The fourth-order valence-electron chi connectivity index (χ4n) is 6.36. The summed E-state index contributed by atoms with van der Waals surface area (Å²) in [6.45, 7) is 10.6. The second-order valence-corrected chi connectivity index (χ2v) is 13.4. The van der Waals surface area contributed by atoms with Gasteiger partial charge in [-0.05, 0) is 36.7 Å². The van der Waals surface area contributed by atoms with Crippen LogP contribution >= 0.6 is 0 Å². The fraction of sp³-hybridized carbons (Fsp3) is 0.607. The van der Waals surface area contributed by atoms with E-state index in [9.17, 15) is 9.90 Å². The molecule has 3 aromatic rings. The molecule has 2 aliphatic carbocycles. The van der Waals surface area contributed by atoms with Crippen molar-refractivity contribution in [3.63, 3.8) is 0 Å². The Morgan fingerprint density at radius 2 is 1.79 bits per heavy atom. The normalized spacial score (nSPS) is 22.2. The van der Waals surface area contributed by atoms with Gasteiger partial charge in [0.15, 0.2) is 5.82 Å². The number of amides is 2. The summed E-state index contributed by atoms with van der Waals surface area (Å²) >= 11 is 0. The lowest BCUT2D eigenvalue weighted by atomic mass is 9.57. The Balaban J connectivity index is 0.891. The van der Waals surface area contributed by atoms with Gasteiger partial charge in [-0.3, -0.25) is 5.10 Å². The van der Waals surface area contributed by atoms with Gasteiger partial charge in [-0.2, -0.15) is 5.10 Å². The molecule has 200 valence electrons. The van der Waals surface area contributed by atoms with E-state index in [4.69, 9.17) is 0 Å². The predicted molar refractivity (Wildman–Crippen MR) is 140 cm³/mol. The third-order valence-corrected chi connectivity index (χ3v) is 8.78. The molecular formula is C28H36N8O2. The number of benzene rings is 1. The molecule has 4 fully saturated rings. The Morgan fingerprint density at radius 3 is 2.45 bits per heavy atom. The predicted octanol–water partition coefficient (Wildman–Crippen LogP) is 3.49. The molecule has 38 heavy (non-hydrogen) atoms. The number of carbonyl (C=O) groups excluding carboxylic acids is 1. The van der Waals surface area contributed by atoms with E-state index < -0.39 is 5.60 Å². The van der Waals surface area contributed by atoms with Crippen molar-refractivity contribution in [2.24, 2.45) is 10.8 Å². The van der Waals surface area contributed by atoms with E-state index >= 15 is 0 Å². The first-order valence-electron chi connectivity index (χ1n) is 13.8.